The number of fused-ring (bicyclic) bond motifs is 2. The number of carbonyl (C=O) groups excluding carboxylic acids is 1. The fraction of sp³-hybridized carbons (Fsp3) is 0.385. The summed E-state index contributed by atoms with van der Waals surface area (Å²) < 4.78 is 11.4. The zero-order valence-corrected chi connectivity index (χ0v) is 19.6. The van der Waals surface area contributed by atoms with Gasteiger partial charge in [-0.1, -0.05) is 12.1 Å². The second-order valence-corrected chi connectivity index (χ2v) is 9.98. The highest BCUT2D eigenvalue weighted by atomic mass is 32.1. The van der Waals surface area contributed by atoms with Crippen LogP contribution in [0, 0.1) is 6.92 Å². The van der Waals surface area contributed by atoms with E-state index in [0.29, 0.717) is 19.8 Å². The first-order chi connectivity index (χ1) is 16.2. The molecule has 0 saturated carbocycles. The quantitative estimate of drug-likeness (QED) is 0.568. The third-order valence-electron chi connectivity index (χ3n) is 6.84. The van der Waals surface area contributed by atoms with Crippen LogP contribution in [0.15, 0.2) is 41.8 Å². The Morgan fingerprint density at radius 3 is 2.85 bits per heavy atom. The van der Waals surface area contributed by atoms with Crippen LogP contribution in [0.25, 0.3) is 11.3 Å². The van der Waals surface area contributed by atoms with Crippen molar-refractivity contribution in [3.05, 3.63) is 57.9 Å². The summed E-state index contributed by atoms with van der Waals surface area (Å²) in [6, 6.07) is 12.8. The van der Waals surface area contributed by atoms with E-state index in [1.54, 1.807) is 11.3 Å². The van der Waals surface area contributed by atoms with Crippen LogP contribution in [-0.4, -0.2) is 48.6 Å². The molecule has 0 unspecified atom stereocenters. The summed E-state index contributed by atoms with van der Waals surface area (Å²) in [4.78, 5) is 22.2. The Kier molecular flexibility index (Phi) is 5.31. The second-order valence-electron chi connectivity index (χ2n) is 8.92. The fourth-order valence-electron chi connectivity index (χ4n) is 5.24. The molecule has 0 spiro atoms. The Bertz CT molecular complexity index is 1210. The highest BCUT2D eigenvalue weighted by Crippen LogP contribution is 2.39. The molecule has 3 aliphatic rings. The Morgan fingerprint density at radius 2 is 2.00 bits per heavy atom. The van der Waals surface area contributed by atoms with Gasteiger partial charge in [-0.05, 0) is 68.1 Å². The number of ether oxygens (including phenoxy) is 2. The van der Waals surface area contributed by atoms with E-state index in [1.807, 2.05) is 17.9 Å². The molecule has 0 radical (unpaired) electrons. The molecule has 2 aromatic carbocycles. The first-order valence-electron chi connectivity index (χ1n) is 11.6. The predicted molar refractivity (Wildman–Crippen MR) is 129 cm³/mol. The van der Waals surface area contributed by atoms with Gasteiger partial charge in [-0.15, -0.1) is 11.3 Å². The predicted octanol–water partition coefficient (Wildman–Crippen LogP) is 4.62. The van der Waals surface area contributed by atoms with E-state index < -0.39 is 0 Å². The van der Waals surface area contributed by atoms with Gasteiger partial charge >= 0.3 is 0 Å². The van der Waals surface area contributed by atoms with Crippen LogP contribution in [0.2, 0.25) is 0 Å². The largest absolute Gasteiger partial charge is 0.486 e. The van der Waals surface area contributed by atoms with Crippen LogP contribution in [0.5, 0.6) is 11.5 Å². The lowest BCUT2D eigenvalue weighted by Crippen LogP contribution is -2.39. The van der Waals surface area contributed by atoms with Gasteiger partial charge in [0.2, 0.25) is 5.91 Å². The van der Waals surface area contributed by atoms with Crippen LogP contribution in [0.4, 0.5) is 5.69 Å². The van der Waals surface area contributed by atoms with E-state index in [9.17, 15) is 4.79 Å². The highest BCUT2D eigenvalue weighted by molar-refractivity contribution is 7.09. The average molecular weight is 462 g/mol. The third kappa shape index (κ3) is 3.89. The zero-order valence-electron chi connectivity index (χ0n) is 18.8. The van der Waals surface area contributed by atoms with Gasteiger partial charge in [-0.2, -0.15) is 0 Å². The van der Waals surface area contributed by atoms with E-state index in [0.717, 1.165) is 65.8 Å². The van der Waals surface area contributed by atoms with E-state index in [4.69, 9.17) is 9.47 Å². The molecular weight excluding hydrogens is 434 g/mol. The van der Waals surface area contributed by atoms with Crippen molar-refractivity contribution in [3.8, 4) is 22.8 Å². The number of hydrogen-bond donors (Lipinski definition) is 0. The lowest BCUT2D eigenvalue weighted by molar-refractivity contribution is -0.119. The number of anilines is 1. The lowest BCUT2D eigenvalue weighted by Gasteiger charge is -2.28. The fourth-order valence-corrected chi connectivity index (χ4v) is 5.86. The molecule has 0 bridgehead atoms. The van der Waals surface area contributed by atoms with Crippen molar-refractivity contribution in [1.29, 1.82) is 0 Å². The lowest BCUT2D eigenvalue weighted by atomic mass is 10.0. The molecule has 4 heterocycles. The molecule has 1 amide bonds. The highest BCUT2D eigenvalue weighted by Gasteiger charge is 2.32. The van der Waals surface area contributed by atoms with Crippen LogP contribution in [0.3, 0.4) is 0 Å². The standard InChI is InChI=1S/C26H27N3O3S/c1-17-27-21(16-33-17)18-4-6-23-20(13-18)8-10-29(23)26(30)15-28-9-2-3-22(28)19-5-7-24-25(14-19)32-12-11-31-24/h4-7,13-14,16,22H,2-3,8-12,15H2,1H3/t22-/m0/s1. The summed E-state index contributed by atoms with van der Waals surface area (Å²) in [6.45, 7) is 5.33. The van der Waals surface area contributed by atoms with Crippen molar-refractivity contribution in [2.45, 2.75) is 32.2 Å². The van der Waals surface area contributed by atoms with Crippen molar-refractivity contribution in [3.63, 3.8) is 0 Å². The van der Waals surface area contributed by atoms with E-state index >= 15 is 0 Å². The van der Waals surface area contributed by atoms with Crippen LogP contribution >= 0.6 is 11.3 Å². The number of hydrogen-bond acceptors (Lipinski definition) is 6. The smallest absolute Gasteiger partial charge is 0.241 e. The number of thiazole rings is 1. The molecule has 0 aliphatic carbocycles. The molecule has 1 saturated heterocycles. The van der Waals surface area contributed by atoms with Gasteiger partial charge in [-0.3, -0.25) is 9.69 Å². The minimum atomic E-state index is 0.176. The maximum Gasteiger partial charge on any atom is 0.241 e. The summed E-state index contributed by atoms with van der Waals surface area (Å²) in [5.41, 5.74) is 5.63. The van der Waals surface area contributed by atoms with E-state index in [-0.39, 0.29) is 11.9 Å². The molecular formula is C26H27N3O3S. The SMILES string of the molecule is Cc1nc(-c2ccc3c(c2)CCN3C(=O)CN2CCC[C@H]2c2ccc3c(c2)OCCO3)cs1. The molecule has 33 heavy (non-hydrogen) atoms. The number of aryl methyl sites for hydroxylation is 1. The molecule has 3 aromatic rings. The maximum atomic E-state index is 13.4. The maximum absolute atomic E-state index is 13.4. The topological polar surface area (TPSA) is 54.9 Å². The molecule has 1 aromatic heterocycles. The van der Waals surface area contributed by atoms with Crippen molar-refractivity contribution in [2.24, 2.45) is 0 Å². The number of likely N-dealkylation sites (tertiary alicyclic amines) is 1. The first-order valence-corrected chi connectivity index (χ1v) is 12.5. The van der Waals surface area contributed by atoms with Crippen LogP contribution < -0.4 is 14.4 Å². The third-order valence-corrected chi connectivity index (χ3v) is 7.62. The van der Waals surface area contributed by atoms with Crippen molar-refractivity contribution < 1.29 is 14.3 Å². The van der Waals surface area contributed by atoms with Gasteiger partial charge in [-0.25, -0.2) is 4.98 Å². The Morgan fingerprint density at radius 1 is 1.12 bits per heavy atom. The van der Waals surface area contributed by atoms with Gasteiger partial charge in [0.1, 0.15) is 13.2 Å². The number of rotatable bonds is 4. The van der Waals surface area contributed by atoms with E-state index in [2.05, 4.69) is 45.6 Å². The summed E-state index contributed by atoms with van der Waals surface area (Å²) >= 11 is 1.67. The molecule has 3 aliphatic heterocycles. The first kappa shape index (κ1) is 20.7. The van der Waals surface area contributed by atoms with Gasteiger partial charge in [0, 0.05) is 29.2 Å². The van der Waals surface area contributed by atoms with Gasteiger partial charge in [0.25, 0.3) is 0 Å². The van der Waals surface area contributed by atoms with Crippen molar-refractivity contribution in [1.82, 2.24) is 9.88 Å². The molecule has 6 rings (SSSR count). The van der Waals surface area contributed by atoms with E-state index in [1.165, 1.54) is 11.1 Å². The second kappa shape index (κ2) is 8.47. The summed E-state index contributed by atoms with van der Waals surface area (Å²) in [6.07, 6.45) is 3.04. The summed E-state index contributed by atoms with van der Waals surface area (Å²) in [5, 5.41) is 3.17. The Balaban J connectivity index is 1.18. The number of amides is 1. The Hall–Kier alpha value is -2.90. The molecule has 170 valence electrons. The minimum absolute atomic E-state index is 0.176. The summed E-state index contributed by atoms with van der Waals surface area (Å²) in [7, 11) is 0. The molecule has 0 N–H and O–H groups in total. The van der Waals surface area contributed by atoms with Crippen molar-refractivity contribution >= 4 is 22.9 Å². The van der Waals surface area contributed by atoms with Gasteiger partial charge < -0.3 is 14.4 Å². The van der Waals surface area contributed by atoms with Gasteiger partial charge in [0.05, 0.1) is 17.2 Å². The number of carbonyl (C=O) groups is 1. The number of benzene rings is 2. The zero-order chi connectivity index (χ0) is 22.4. The van der Waals surface area contributed by atoms with Crippen molar-refractivity contribution in [2.75, 3.05) is 37.7 Å². The minimum Gasteiger partial charge on any atom is -0.486 e. The average Bonchev–Trinajstić information content (AvgIpc) is 3.58. The molecule has 6 nitrogen and oxygen atoms in total. The molecule has 1 fully saturated rings. The van der Waals surface area contributed by atoms with Gasteiger partial charge in [0.15, 0.2) is 11.5 Å². The number of aromatic nitrogens is 1. The van der Waals surface area contributed by atoms with Crippen LogP contribution in [-0.2, 0) is 11.2 Å². The monoisotopic (exact) mass is 461 g/mol. The number of nitrogens with zero attached hydrogens (tertiary/aromatic N) is 3. The Labute approximate surface area is 197 Å². The normalized spacial score (nSPS) is 19.7. The molecule has 1 atom stereocenters. The summed E-state index contributed by atoms with van der Waals surface area (Å²) in [5.74, 6) is 1.80. The molecule has 7 heteroatoms. The van der Waals surface area contributed by atoms with Crippen LogP contribution in [0.1, 0.15) is 35.0 Å².